The van der Waals surface area contributed by atoms with Gasteiger partial charge >= 0.3 is 18.2 Å². The zero-order valence-electron chi connectivity index (χ0n) is 13.7. The molecule has 0 aliphatic heterocycles. The van der Waals surface area contributed by atoms with Crippen LogP contribution in [0.15, 0.2) is 0 Å². The molecule has 8 nitrogen and oxygen atoms in total. The van der Waals surface area contributed by atoms with Crippen LogP contribution in [0.3, 0.4) is 0 Å². The lowest BCUT2D eigenvalue weighted by molar-refractivity contribution is -0.164. The van der Waals surface area contributed by atoms with E-state index in [1.54, 1.807) is 6.92 Å². The van der Waals surface area contributed by atoms with Gasteiger partial charge in [0.1, 0.15) is 0 Å². The van der Waals surface area contributed by atoms with Crippen molar-refractivity contribution in [2.24, 2.45) is 5.92 Å². The maximum absolute atomic E-state index is 11.5. The molecule has 0 spiro atoms. The Morgan fingerprint density at radius 2 is 1.70 bits per heavy atom. The molecule has 0 heterocycles. The van der Waals surface area contributed by atoms with Crippen LogP contribution >= 0.6 is 0 Å². The average molecular weight is 333 g/mol. The van der Waals surface area contributed by atoms with E-state index in [2.05, 4.69) is 5.32 Å². The van der Waals surface area contributed by atoms with Crippen LogP contribution < -0.4 is 5.32 Å². The number of carbonyl (C=O) groups excluding carboxylic acids is 2. The van der Waals surface area contributed by atoms with E-state index in [4.69, 9.17) is 24.5 Å². The normalized spacial score (nSPS) is 15.6. The minimum Gasteiger partial charge on any atom is -0.450 e. The van der Waals surface area contributed by atoms with Crippen molar-refractivity contribution in [2.75, 3.05) is 6.54 Å². The van der Waals surface area contributed by atoms with Crippen molar-refractivity contribution >= 4 is 18.2 Å². The van der Waals surface area contributed by atoms with Crippen molar-refractivity contribution < 1.29 is 34.1 Å². The Hall–Kier alpha value is -1.99. The lowest BCUT2D eigenvalue weighted by Crippen LogP contribution is -2.34. The Labute approximate surface area is 136 Å². The maximum Gasteiger partial charge on any atom is 0.503 e. The Kier molecular flexibility index (Phi) is 11.5. The van der Waals surface area contributed by atoms with Gasteiger partial charge in [-0.25, -0.2) is 9.59 Å². The van der Waals surface area contributed by atoms with Crippen molar-refractivity contribution in [3.05, 3.63) is 0 Å². The van der Waals surface area contributed by atoms with Crippen molar-refractivity contribution in [1.29, 1.82) is 0 Å². The maximum atomic E-state index is 11.5. The number of hydrogen-bond acceptors (Lipinski definition) is 5. The number of rotatable bonds is 6. The van der Waals surface area contributed by atoms with E-state index in [1.807, 2.05) is 6.92 Å². The van der Waals surface area contributed by atoms with E-state index in [9.17, 15) is 9.59 Å². The van der Waals surface area contributed by atoms with Crippen LogP contribution in [0.25, 0.3) is 0 Å². The summed E-state index contributed by atoms with van der Waals surface area (Å²) in [5.41, 5.74) is 0. The van der Waals surface area contributed by atoms with Crippen LogP contribution in [0.5, 0.6) is 0 Å². The molecule has 0 aromatic heterocycles. The molecule has 8 heteroatoms. The number of amides is 1. The molecule has 0 bridgehead atoms. The average Bonchev–Trinajstić information content (AvgIpc) is 2.45. The predicted octanol–water partition coefficient (Wildman–Crippen LogP) is 3.20. The summed E-state index contributed by atoms with van der Waals surface area (Å²) in [6.45, 7) is 4.09. The van der Waals surface area contributed by atoms with Gasteiger partial charge in [-0.1, -0.05) is 26.2 Å². The number of alkyl carbamates (subject to hydrolysis) is 1. The monoisotopic (exact) mass is 333 g/mol. The second-order valence-electron chi connectivity index (χ2n) is 5.38. The molecule has 0 saturated heterocycles. The lowest BCUT2D eigenvalue weighted by Gasteiger charge is -2.22. The molecule has 1 fully saturated rings. The summed E-state index contributed by atoms with van der Waals surface area (Å²) in [7, 11) is 0. The van der Waals surface area contributed by atoms with Crippen LogP contribution in [-0.4, -0.2) is 41.3 Å². The fourth-order valence-electron chi connectivity index (χ4n) is 2.28. The highest BCUT2D eigenvalue weighted by Crippen LogP contribution is 2.22. The number of carbonyl (C=O) groups is 3. The highest BCUT2D eigenvalue weighted by atomic mass is 16.7. The molecule has 0 aromatic rings. The Bertz CT molecular complexity index is 363. The van der Waals surface area contributed by atoms with E-state index in [0.717, 1.165) is 6.42 Å². The highest BCUT2D eigenvalue weighted by molar-refractivity contribution is 5.70. The molecule has 0 aromatic carbocycles. The fourth-order valence-corrected chi connectivity index (χ4v) is 2.28. The minimum absolute atomic E-state index is 0.338. The van der Waals surface area contributed by atoms with Crippen LogP contribution in [0.4, 0.5) is 9.59 Å². The van der Waals surface area contributed by atoms with Gasteiger partial charge < -0.3 is 25.0 Å². The predicted molar refractivity (Wildman–Crippen MR) is 82.2 cm³/mol. The standard InChI is InChI=1S/C14H25NO4.CH2O3/c1-3-7-13(16)18-11(2)19-14(17)15-10-12-8-5-4-6-9-12;2-1(3)4/h11-12H,3-10H2,1-2H3,(H,15,17);(H2,2,3,4). The van der Waals surface area contributed by atoms with Gasteiger partial charge in [-0.3, -0.25) is 4.79 Å². The molecule has 23 heavy (non-hydrogen) atoms. The molecule has 1 aliphatic rings. The van der Waals surface area contributed by atoms with Crippen LogP contribution in [0.1, 0.15) is 58.8 Å². The molecular formula is C15H27NO7. The quantitative estimate of drug-likeness (QED) is 0.504. The van der Waals surface area contributed by atoms with E-state index in [0.29, 0.717) is 18.9 Å². The van der Waals surface area contributed by atoms with Crippen LogP contribution in [0, 0.1) is 5.92 Å². The third-order valence-electron chi connectivity index (χ3n) is 3.28. The molecule has 1 unspecified atom stereocenters. The van der Waals surface area contributed by atoms with E-state index in [1.165, 1.54) is 32.1 Å². The summed E-state index contributed by atoms with van der Waals surface area (Å²) in [6, 6.07) is 0. The molecule has 134 valence electrons. The van der Waals surface area contributed by atoms with Crippen molar-refractivity contribution in [1.82, 2.24) is 5.32 Å². The molecule has 3 N–H and O–H groups in total. The Morgan fingerprint density at radius 3 is 2.22 bits per heavy atom. The smallest absolute Gasteiger partial charge is 0.450 e. The third kappa shape index (κ3) is 13.4. The van der Waals surface area contributed by atoms with Crippen molar-refractivity contribution in [3.8, 4) is 0 Å². The van der Waals surface area contributed by atoms with Gasteiger partial charge in [0.2, 0.25) is 6.29 Å². The molecule has 1 atom stereocenters. The summed E-state index contributed by atoms with van der Waals surface area (Å²) in [4.78, 5) is 31.3. The lowest BCUT2D eigenvalue weighted by atomic mass is 9.89. The summed E-state index contributed by atoms with van der Waals surface area (Å²) in [5.74, 6) is 0.217. The van der Waals surface area contributed by atoms with Gasteiger partial charge in [0.25, 0.3) is 0 Å². The Morgan fingerprint density at radius 1 is 1.13 bits per heavy atom. The minimum atomic E-state index is -1.83. The number of ether oxygens (including phenoxy) is 2. The zero-order chi connectivity index (χ0) is 17.7. The molecular weight excluding hydrogens is 306 g/mol. The number of carboxylic acid groups (broad SMARTS) is 2. The SMILES string of the molecule is CCCC(=O)OC(C)OC(=O)NCC1CCCCC1.O=C(O)O. The fraction of sp³-hybridized carbons (Fsp3) is 0.800. The molecule has 0 radical (unpaired) electrons. The van der Waals surface area contributed by atoms with Gasteiger partial charge in [-0.15, -0.1) is 0 Å². The van der Waals surface area contributed by atoms with Crippen LogP contribution in [0.2, 0.25) is 0 Å². The van der Waals surface area contributed by atoms with E-state index in [-0.39, 0.29) is 5.97 Å². The summed E-state index contributed by atoms with van der Waals surface area (Å²) >= 11 is 0. The first-order valence-electron chi connectivity index (χ1n) is 7.91. The Balaban J connectivity index is 0.00000108. The first-order valence-corrected chi connectivity index (χ1v) is 7.91. The van der Waals surface area contributed by atoms with Crippen LogP contribution in [-0.2, 0) is 14.3 Å². The highest BCUT2D eigenvalue weighted by Gasteiger charge is 2.17. The topological polar surface area (TPSA) is 122 Å². The second kappa shape index (κ2) is 12.5. The number of esters is 1. The second-order valence-corrected chi connectivity index (χ2v) is 5.38. The van der Waals surface area contributed by atoms with Gasteiger partial charge in [0.05, 0.1) is 0 Å². The van der Waals surface area contributed by atoms with Gasteiger partial charge in [0, 0.05) is 19.9 Å². The summed E-state index contributed by atoms with van der Waals surface area (Å²) in [6.07, 6.45) is 4.01. The molecule has 1 rings (SSSR count). The first-order chi connectivity index (χ1) is 10.8. The van der Waals surface area contributed by atoms with Crippen molar-refractivity contribution in [3.63, 3.8) is 0 Å². The third-order valence-corrected chi connectivity index (χ3v) is 3.28. The molecule has 1 saturated carbocycles. The van der Waals surface area contributed by atoms with Gasteiger partial charge in [-0.2, -0.15) is 0 Å². The van der Waals surface area contributed by atoms with E-state index < -0.39 is 18.5 Å². The largest absolute Gasteiger partial charge is 0.503 e. The van der Waals surface area contributed by atoms with Crippen molar-refractivity contribution in [2.45, 2.75) is 65.1 Å². The molecule has 1 aliphatic carbocycles. The molecule has 1 amide bonds. The summed E-state index contributed by atoms with van der Waals surface area (Å²) < 4.78 is 9.90. The number of nitrogens with one attached hydrogen (secondary N) is 1. The van der Waals surface area contributed by atoms with Gasteiger partial charge in [0.15, 0.2) is 0 Å². The van der Waals surface area contributed by atoms with Gasteiger partial charge in [-0.05, 0) is 25.2 Å². The first kappa shape index (κ1) is 21.0. The van der Waals surface area contributed by atoms with E-state index >= 15 is 0 Å². The zero-order valence-corrected chi connectivity index (χ0v) is 13.7. The summed E-state index contributed by atoms with van der Waals surface area (Å²) in [5, 5.41) is 16.7. The number of hydrogen-bond donors (Lipinski definition) is 3.